The maximum atomic E-state index is 13.7. The fraction of sp³-hybridized carbons (Fsp3) is 0.222. The number of nitrogens with zero attached hydrogens (tertiary/aromatic N) is 2. The summed E-state index contributed by atoms with van der Waals surface area (Å²) in [6.45, 7) is 5.62. The predicted molar refractivity (Wildman–Crippen MR) is 170 cm³/mol. The first-order chi connectivity index (χ1) is 21.2. The van der Waals surface area contributed by atoms with Crippen LogP contribution in [-0.4, -0.2) is 42.4 Å². The number of hydrogen-bond acceptors (Lipinski definition) is 6. The molecule has 0 unspecified atom stereocenters. The molecule has 44 heavy (non-hydrogen) atoms. The number of fused-ring (bicyclic) bond motifs is 1. The van der Waals surface area contributed by atoms with Crippen molar-refractivity contribution < 1.29 is 23.9 Å². The first kappa shape index (κ1) is 30.2. The summed E-state index contributed by atoms with van der Waals surface area (Å²) in [6.07, 6.45) is -0.714. The number of benzene rings is 4. The van der Waals surface area contributed by atoms with E-state index in [0.29, 0.717) is 29.1 Å². The van der Waals surface area contributed by atoms with Crippen LogP contribution in [0, 0.1) is 0 Å². The minimum absolute atomic E-state index is 0.295. The smallest absolute Gasteiger partial charge is 0.415 e. The maximum Gasteiger partial charge on any atom is 0.415 e. The molecule has 4 aromatic rings. The van der Waals surface area contributed by atoms with Gasteiger partial charge in [0.05, 0.1) is 18.5 Å². The lowest BCUT2D eigenvalue weighted by Gasteiger charge is -2.29. The number of carbonyl (C=O) groups is 3. The first-order valence-corrected chi connectivity index (χ1v) is 14.4. The van der Waals surface area contributed by atoms with Crippen LogP contribution in [0.2, 0.25) is 0 Å². The summed E-state index contributed by atoms with van der Waals surface area (Å²) in [5.74, 6) is -0.951. The third kappa shape index (κ3) is 6.70. The van der Waals surface area contributed by atoms with Crippen LogP contribution >= 0.6 is 0 Å². The molecule has 5 rings (SSSR count). The lowest BCUT2D eigenvalue weighted by molar-refractivity contribution is -0.142. The summed E-state index contributed by atoms with van der Waals surface area (Å²) in [6, 6.07) is 31.8. The van der Waals surface area contributed by atoms with Gasteiger partial charge < -0.3 is 14.8 Å². The molecule has 0 radical (unpaired) electrons. The Hall–Kier alpha value is -5.24. The van der Waals surface area contributed by atoms with E-state index in [1.165, 1.54) is 12.0 Å². The van der Waals surface area contributed by atoms with E-state index in [-0.39, 0.29) is 5.91 Å². The van der Waals surface area contributed by atoms with Crippen LogP contribution in [0.3, 0.4) is 0 Å². The Morgan fingerprint density at radius 1 is 0.795 bits per heavy atom. The quantitative estimate of drug-likeness (QED) is 0.196. The van der Waals surface area contributed by atoms with Crippen molar-refractivity contribution in [3.8, 4) is 0 Å². The standard InChI is InChI=1S/C36H35N3O5/c1-36(2,3)44-35(42)39-29-21-20-27(33(40)37-23-24-14-8-5-9-15-24)22-28(29)31(32(39)34(41)43-4)38-30(25-16-10-6-11-17-25)26-18-12-7-13-19-26/h5-22,31-32H,23H2,1-4H3,(H,37,40)/t31-,32-/m1/s1. The van der Waals surface area contributed by atoms with Crippen molar-refractivity contribution >= 4 is 29.4 Å². The molecule has 1 aliphatic rings. The fourth-order valence-corrected chi connectivity index (χ4v) is 5.16. The van der Waals surface area contributed by atoms with Crippen LogP contribution in [0.4, 0.5) is 10.5 Å². The normalized spacial score (nSPS) is 15.6. The summed E-state index contributed by atoms with van der Waals surface area (Å²) >= 11 is 0. The second kappa shape index (κ2) is 13.0. The van der Waals surface area contributed by atoms with Crippen LogP contribution < -0.4 is 10.2 Å². The Morgan fingerprint density at radius 2 is 1.36 bits per heavy atom. The van der Waals surface area contributed by atoms with Gasteiger partial charge in [-0.3, -0.25) is 14.7 Å². The number of anilines is 1. The molecule has 0 saturated heterocycles. The average molecular weight is 590 g/mol. The van der Waals surface area contributed by atoms with Gasteiger partial charge in [-0.15, -0.1) is 0 Å². The molecule has 2 amide bonds. The Kier molecular flexibility index (Phi) is 8.90. The maximum absolute atomic E-state index is 13.7. The highest BCUT2D eigenvalue weighted by molar-refractivity contribution is 6.13. The molecule has 4 aromatic carbocycles. The van der Waals surface area contributed by atoms with E-state index in [1.54, 1.807) is 39.0 Å². The second-order valence-corrected chi connectivity index (χ2v) is 11.4. The Morgan fingerprint density at radius 3 is 1.91 bits per heavy atom. The zero-order valence-electron chi connectivity index (χ0n) is 25.2. The highest BCUT2D eigenvalue weighted by Crippen LogP contribution is 2.44. The summed E-state index contributed by atoms with van der Waals surface area (Å²) in [5, 5.41) is 2.95. The number of hydrogen-bond donors (Lipinski definition) is 1. The van der Waals surface area contributed by atoms with Crippen LogP contribution in [0.25, 0.3) is 0 Å². The van der Waals surface area contributed by atoms with Gasteiger partial charge in [-0.25, -0.2) is 9.59 Å². The van der Waals surface area contributed by atoms with Gasteiger partial charge in [0.1, 0.15) is 11.6 Å². The molecule has 0 fully saturated rings. The molecule has 1 N–H and O–H groups in total. The zero-order valence-corrected chi connectivity index (χ0v) is 25.2. The average Bonchev–Trinajstić information content (AvgIpc) is 3.36. The van der Waals surface area contributed by atoms with E-state index in [1.807, 2.05) is 91.0 Å². The minimum Gasteiger partial charge on any atom is -0.467 e. The number of amides is 2. The highest BCUT2D eigenvalue weighted by atomic mass is 16.6. The number of esters is 1. The Balaban J connectivity index is 1.65. The third-order valence-electron chi connectivity index (χ3n) is 7.14. The number of aliphatic imine (C=N–C) groups is 1. The van der Waals surface area contributed by atoms with Crippen LogP contribution in [0.5, 0.6) is 0 Å². The summed E-state index contributed by atoms with van der Waals surface area (Å²) < 4.78 is 11.0. The minimum atomic E-state index is -1.17. The van der Waals surface area contributed by atoms with Crippen LogP contribution in [0.15, 0.2) is 114 Å². The van der Waals surface area contributed by atoms with Crippen molar-refractivity contribution in [1.29, 1.82) is 0 Å². The van der Waals surface area contributed by atoms with Crippen molar-refractivity contribution in [3.63, 3.8) is 0 Å². The van der Waals surface area contributed by atoms with Gasteiger partial charge in [0.15, 0.2) is 6.04 Å². The number of nitrogens with one attached hydrogen (secondary N) is 1. The van der Waals surface area contributed by atoms with Crippen molar-refractivity contribution in [1.82, 2.24) is 5.32 Å². The molecule has 8 heteroatoms. The van der Waals surface area contributed by atoms with Gasteiger partial charge in [0.25, 0.3) is 5.91 Å². The van der Waals surface area contributed by atoms with E-state index < -0.39 is 29.7 Å². The van der Waals surface area contributed by atoms with Crippen molar-refractivity contribution in [2.75, 3.05) is 12.0 Å². The van der Waals surface area contributed by atoms with Gasteiger partial charge in [-0.2, -0.15) is 0 Å². The topological polar surface area (TPSA) is 97.3 Å². The van der Waals surface area contributed by atoms with Gasteiger partial charge in [-0.1, -0.05) is 91.0 Å². The zero-order chi connectivity index (χ0) is 31.3. The van der Waals surface area contributed by atoms with Gasteiger partial charge in [0, 0.05) is 28.8 Å². The molecule has 8 nitrogen and oxygen atoms in total. The van der Waals surface area contributed by atoms with Crippen molar-refractivity contribution in [3.05, 3.63) is 137 Å². The third-order valence-corrected chi connectivity index (χ3v) is 7.14. The van der Waals surface area contributed by atoms with Crippen LogP contribution in [-0.2, 0) is 20.8 Å². The van der Waals surface area contributed by atoms with E-state index in [4.69, 9.17) is 14.5 Å². The van der Waals surface area contributed by atoms with Crippen molar-refractivity contribution in [2.45, 2.75) is 45.0 Å². The molecule has 2 atom stereocenters. The first-order valence-electron chi connectivity index (χ1n) is 14.4. The van der Waals surface area contributed by atoms with Crippen molar-refractivity contribution in [2.24, 2.45) is 4.99 Å². The van der Waals surface area contributed by atoms with Gasteiger partial charge in [0.2, 0.25) is 0 Å². The monoisotopic (exact) mass is 589 g/mol. The number of methoxy groups -OCH3 is 1. The van der Waals surface area contributed by atoms with Crippen LogP contribution in [0.1, 0.15) is 59.4 Å². The molecular formula is C36H35N3O5. The Bertz CT molecular complexity index is 1620. The summed E-state index contributed by atoms with van der Waals surface area (Å²) in [7, 11) is 1.27. The largest absolute Gasteiger partial charge is 0.467 e. The SMILES string of the molecule is COC(=O)[C@H]1[C@H](N=C(c2ccccc2)c2ccccc2)c2cc(C(=O)NCc3ccccc3)ccc2N1C(=O)OC(C)(C)C. The predicted octanol–water partition coefficient (Wildman–Crippen LogP) is 6.49. The van der Waals surface area contributed by atoms with E-state index in [9.17, 15) is 14.4 Å². The molecule has 1 heterocycles. The second-order valence-electron chi connectivity index (χ2n) is 11.4. The molecule has 0 aliphatic carbocycles. The van der Waals surface area contributed by atoms with E-state index in [2.05, 4.69) is 5.32 Å². The summed E-state index contributed by atoms with van der Waals surface area (Å²) in [5.41, 5.74) is 3.74. The molecule has 224 valence electrons. The van der Waals surface area contributed by atoms with Gasteiger partial charge >= 0.3 is 12.1 Å². The molecule has 0 saturated carbocycles. The fourth-order valence-electron chi connectivity index (χ4n) is 5.16. The Labute approximate surface area is 257 Å². The number of carbonyl (C=O) groups excluding carboxylic acids is 3. The highest BCUT2D eigenvalue weighted by Gasteiger charge is 2.49. The molecule has 0 aromatic heterocycles. The molecular weight excluding hydrogens is 554 g/mol. The lowest BCUT2D eigenvalue weighted by atomic mass is 9.98. The van der Waals surface area contributed by atoms with Gasteiger partial charge in [-0.05, 0) is 44.5 Å². The molecule has 1 aliphatic heterocycles. The van der Waals surface area contributed by atoms with E-state index in [0.717, 1.165) is 16.7 Å². The molecule has 0 spiro atoms. The number of ether oxygens (including phenoxy) is 2. The van der Waals surface area contributed by atoms with E-state index >= 15 is 0 Å². The molecule has 0 bridgehead atoms. The lowest BCUT2D eigenvalue weighted by Crippen LogP contribution is -2.47. The summed E-state index contributed by atoms with van der Waals surface area (Å²) in [4.78, 5) is 46.9. The number of rotatable bonds is 7.